The topological polar surface area (TPSA) is 38.1 Å². The van der Waals surface area contributed by atoms with Crippen molar-refractivity contribution in [3.8, 4) is 0 Å². The molecule has 4 rings (SSSR count). The third-order valence-electron chi connectivity index (χ3n) is 4.84. The molecular formula is C19H18ClN3O. The molecular weight excluding hydrogens is 322 g/mol. The number of rotatable bonds is 2. The van der Waals surface area contributed by atoms with Crippen LogP contribution >= 0.6 is 11.6 Å². The number of aromatic nitrogens is 2. The van der Waals surface area contributed by atoms with E-state index in [0.717, 1.165) is 28.1 Å². The Labute approximate surface area is 145 Å². The number of fused-ring (bicyclic) bond motifs is 1. The highest BCUT2D eigenvalue weighted by Gasteiger charge is 2.35. The Bertz CT molecular complexity index is 947. The lowest BCUT2D eigenvalue weighted by Gasteiger charge is -2.19. The first-order valence-electron chi connectivity index (χ1n) is 8.03. The van der Waals surface area contributed by atoms with Gasteiger partial charge in [-0.2, -0.15) is 0 Å². The zero-order chi connectivity index (χ0) is 16.8. The third-order valence-corrected chi connectivity index (χ3v) is 5.25. The Morgan fingerprint density at radius 3 is 2.75 bits per heavy atom. The summed E-state index contributed by atoms with van der Waals surface area (Å²) in [7, 11) is 2.02. The summed E-state index contributed by atoms with van der Waals surface area (Å²) in [6, 6.07) is 13.8. The zero-order valence-electron chi connectivity index (χ0n) is 13.7. The molecule has 0 saturated carbocycles. The van der Waals surface area contributed by atoms with Crippen molar-refractivity contribution >= 4 is 34.2 Å². The molecule has 0 aliphatic carbocycles. The minimum Gasteiger partial charge on any atom is -0.331 e. The normalized spacial score (nSPS) is 17.9. The standard InChI is InChI=1S/C19H18ClN3O/c1-12-14(20)6-5-9-16(12)23-11-13(10-18(23)24)19-21-15-7-3-4-8-17(15)22(19)2/h3-9,13H,10-11H2,1-2H3. The maximum absolute atomic E-state index is 12.6. The molecule has 1 fully saturated rings. The van der Waals surface area contributed by atoms with Gasteiger partial charge in [0.2, 0.25) is 5.91 Å². The molecule has 1 unspecified atom stereocenters. The van der Waals surface area contributed by atoms with E-state index >= 15 is 0 Å². The van der Waals surface area contributed by atoms with Gasteiger partial charge in [-0.3, -0.25) is 4.79 Å². The van der Waals surface area contributed by atoms with Crippen LogP contribution in [0.1, 0.15) is 23.7 Å². The zero-order valence-corrected chi connectivity index (χ0v) is 14.4. The number of amides is 1. The molecule has 122 valence electrons. The first-order chi connectivity index (χ1) is 11.6. The van der Waals surface area contributed by atoms with Crippen LogP contribution in [0.25, 0.3) is 11.0 Å². The highest BCUT2D eigenvalue weighted by atomic mass is 35.5. The molecule has 0 spiro atoms. The minimum absolute atomic E-state index is 0.0910. The number of imidazole rings is 1. The monoisotopic (exact) mass is 339 g/mol. The third kappa shape index (κ3) is 2.29. The van der Waals surface area contributed by atoms with Gasteiger partial charge in [0.15, 0.2) is 0 Å². The van der Waals surface area contributed by atoms with Gasteiger partial charge in [0.05, 0.1) is 11.0 Å². The summed E-state index contributed by atoms with van der Waals surface area (Å²) in [5.74, 6) is 1.18. The second-order valence-electron chi connectivity index (χ2n) is 6.31. The highest BCUT2D eigenvalue weighted by Crippen LogP contribution is 2.35. The molecule has 5 heteroatoms. The summed E-state index contributed by atoms with van der Waals surface area (Å²) < 4.78 is 2.10. The van der Waals surface area contributed by atoms with Crippen LogP contribution in [0, 0.1) is 6.92 Å². The van der Waals surface area contributed by atoms with Crippen LogP contribution in [0.5, 0.6) is 0 Å². The lowest BCUT2D eigenvalue weighted by atomic mass is 10.1. The summed E-state index contributed by atoms with van der Waals surface area (Å²) in [4.78, 5) is 19.2. The Kier molecular flexibility index (Phi) is 3.57. The Morgan fingerprint density at radius 2 is 1.96 bits per heavy atom. The van der Waals surface area contributed by atoms with Crippen LogP contribution in [0.15, 0.2) is 42.5 Å². The summed E-state index contributed by atoms with van der Waals surface area (Å²) >= 11 is 6.22. The van der Waals surface area contributed by atoms with Gasteiger partial charge >= 0.3 is 0 Å². The number of carbonyl (C=O) groups is 1. The van der Waals surface area contributed by atoms with Crippen LogP contribution in [-0.2, 0) is 11.8 Å². The largest absolute Gasteiger partial charge is 0.331 e. The van der Waals surface area contributed by atoms with E-state index in [9.17, 15) is 4.79 Å². The lowest BCUT2D eigenvalue weighted by molar-refractivity contribution is -0.117. The van der Waals surface area contributed by atoms with Crippen molar-refractivity contribution in [3.05, 3.63) is 58.9 Å². The number of aryl methyl sites for hydroxylation is 1. The summed E-state index contributed by atoms with van der Waals surface area (Å²) in [6.07, 6.45) is 0.475. The molecule has 3 aromatic rings. The van der Waals surface area contributed by atoms with Gasteiger partial charge in [0.1, 0.15) is 5.82 Å². The average molecular weight is 340 g/mol. The van der Waals surface area contributed by atoms with E-state index < -0.39 is 0 Å². The van der Waals surface area contributed by atoms with Crippen molar-refractivity contribution in [2.75, 3.05) is 11.4 Å². The van der Waals surface area contributed by atoms with Gasteiger partial charge in [0, 0.05) is 36.6 Å². The molecule has 4 nitrogen and oxygen atoms in total. The smallest absolute Gasteiger partial charge is 0.227 e. The molecule has 1 aromatic heterocycles. The quantitative estimate of drug-likeness (QED) is 0.706. The van der Waals surface area contributed by atoms with Crippen molar-refractivity contribution in [3.63, 3.8) is 0 Å². The van der Waals surface area contributed by atoms with E-state index in [0.29, 0.717) is 18.0 Å². The minimum atomic E-state index is 0.0910. The highest BCUT2D eigenvalue weighted by molar-refractivity contribution is 6.31. The fraction of sp³-hybridized carbons (Fsp3) is 0.263. The van der Waals surface area contributed by atoms with Crippen LogP contribution in [-0.4, -0.2) is 22.0 Å². The van der Waals surface area contributed by atoms with Gasteiger partial charge in [0.25, 0.3) is 0 Å². The molecule has 1 atom stereocenters. The van der Waals surface area contributed by atoms with Crippen LogP contribution < -0.4 is 4.90 Å². The van der Waals surface area contributed by atoms with Crippen molar-refractivity contribution in [1.29, 1.82) is 0 Å². The molecule has 1 aliphatic rings. The molecule has 2 heterocycles. The predicted octanol–water partition coefficient (Wildman–Crippen LogP) is 4.06. The Balaban J connectivity index is 1.71. The number of anilines is 1. The fourth-order valence-electron chi connectivity index (χ4n) is 3.53. The molecule has 2 aromatic carbocycles. The van der Waals surface area contributed by atoms with Gasteiger partial charge in [-0.15, -0.1) is 0 Å². The number of nitrogens with zero attached hydrogens (tertiary/aromatic N) is 3. The van der Waals surface area contributed by atoms with Gasteiger partial charge in [-0.1, -0.05) is 29.8 Å². The van der Waals surface area contributed by atoms with Gasteiger partial charge in [-0.05, 0) is 36.8 Å². The maximum atomic E-state index is 12.6. The first-order valence-corrected chi connectivity index (χ1v) is 8.41. The van der Waals surface area contributed by atoms with Gasteiger partial charge in [-0.25, -0.2) is 4.98 Å². The second kappa shape index (κ2) is 5.64. The van der Waals surface area contributed by atoms with Crippen molar-refractivity contribution in [1.82, 2.24) is 9.55 Å². The van der Waals surface area contributed by atoms with Crippen molar-refractivity contribution < 1.29 is 4.79 Å². The molecule has 0 bridgehead atoms. The number of hydrogen-bond donors (Lipinski definition) is 0. The number of halogens is 1. The van der Waals surface area contributed by atoms with Crippen LogP contribution in [0.4, 0.5) is 5.69 Å². The summed E-state index contributed by atoms with van der Waals surface area (Å²) in [5, 5.41) is 0.687. The van der Waals surface area contributed by atoms with Crippen molar-refractivity contribution in [2.24, 2.45) is 7.05 Å². The Morgan fingerprint density at radius 1 is 1.17 bits per heavy atom. The second-order valence-corrected chi connectivity index (χ2v) is 6.71. The average Bonchev–Trinajstić information content (AvgIpc) is 3.11. The fourth-order valence-corrected chi connectivity index (χ4v) is 3.70. The van der Waals surface area contributed by atoms with E-state index in [1.54, 1.807) is 0 Å². The molecule has 1 aliphatic heterocycles. The number of benzene rings is 2. The SMILES string of the molecule is Cc1c(Cl)cccc1N1CC(c2nc3ccccc3n2C)CC1=O. The Hall–Kier alpha value is -2.33. The van der Waals surface area contributed by atoms with E-state index in [1.165, 1.54) is 0 Å². The maximum Gasteiger partial charge on any atom is 0.227 e. The number of hydrogen-bond acceptors (Lipinski definition) is 2. The van der Waals surface area contributed by atoms with Crippen LogP contribution in [0.2, 0.25) is 5.02 Å². The summed E-state index contributed by atoms with van der Waals surface area (Å²) in [6.45, 7) is 2.59. The number of carbonyl (C=O) groups excluding carboxylic acids is 1. The molecule has 0 N–H and O–H groups in total. The lowest BCUT2D eigenvalue weighted by Crippen LogP contribution is -2.25. The van der Waals surface area contributed by atoms with E-state index in [1.807, 2.05) is 55.3 Å². The molecule has 1 amide bonds. The van der Waals surface area contributed by atoms with E-state index in [4.69, 9.17) is 16.6 Å². The first kappa shape index (κ1) is 15.2. The summed E-state index contributed by atoms with van der Waals surface area (Å²) in [5.41, 5.74) is 3.91. The van der Waals surface area contributed by atoms with Crippen molar-refractivity contribution in [2.45, 2.75) is 19.3 Å². The molecule has 1 saturated heterocycles. The number of para-hydroxylation sites is 2. The van der Waals surface area contributed by atoms with Crippen LogP contribution in [0.3, 0.4) is 0 Å². The van der Waals surface area contributed by atoms with Gasteiger partial charge < -0.3 is 9.47 Å². The van der Waals surface area contributed by atoms with E-state index in [-0.39, 0.29) is 11.8 Å². The van der Waals surface area contributed by atoms with E-state index in [2.05, 4.69) is 10.6 Å². The predicted molar refractivity (Wildman–Crippen MR) is 96.6 cm³/mol. The molecule has 0 radical (unpaired) electrons. The molecule has 24 heavy (non-hydrogen) atoms.